The Labute approximate surface area is 121 Å². The van der Waals surface area contributed by atoms with Crippen LogP contribution >= 0.6 is 12.4 Å². The highest BCUT2D eigenvalue weighted by atomic mass is 35.5. The number of halogens is 1. The van der Waals surface area contributed by atoms with Crippen LogP contribution in [-0.2, 0) is 4.79 Å². The van der Waals surface area contributed by atoms with Crippen LogP contribution in [0.15, 0.2) is 18.2 Å². The van der Waals surface area contributed by atoms with E-state index in [1.54, 1.807) is 0 Å². The molecule has 3 nitrogen and oxygen atoms in total. The second-order valence-corrected chi connectivity index (χ2v) is 5.09. The van der Waals surface area contributed by atoms with Gasteiger partial charge in [0, 0.05) is 5.69 Å². The molecule has 1 fully saturated rings. The van der Waals surface area contributed by atoms with Crippen molar-refractivity contribution >= 4 is 24.0 Å². The van der Waals surface area contributed by atoms with Crippen molar-refractivity contribution in [2.45, 2.75) is 39.7 Å². The van der Waals surface area contributed by atoms with Gasteiger partial charge in [-0.1, -0.05) is 24.6 Å². The number of hydrogen-bond donors (Lipinski definition) is 1. The van der Waals surface area contributed by atoms with Crippen molar-refractivity contribution in [3.63, 3.8) is 0 Å². The first-order valence-electron chi connectivity index (χ1n) is 6.74. The van der Waals surface area contributed by atoms with Gasteiger partial charge in [0.2, 0.25) is 5.91 Å². The molecule has 0 aromatic heterocycles. The third-order valence-electron chi connectivity index (χ3n) is 3.71. The van der Waals surface area contributed by atoms with Gasteiger partial charge in [0.15, 0.2) is 0 Å². The number of carbonyl (C=O) groups excluding carboxylic acids is 1. The maximum Gasteiger partial charge on any atom is 0.241 e. The monoisotopic (exact) mass is 282 g/mol. The molecule has 1 unspecified atom stereocenters. The number of likely N-dealkylation sites (N-methyl/N-ethyl adjacent to an activating group) is 1. The molecule has 1 aliphatic rings. The molecular weight excluding hydrogens is 260 g/mol. The molecule has 19 heavy (non-hydrogen) atoms. The average molecular weight is 283 g/mol. The van der Waals surface area contributed by atoms with E-state index in [9.17, 15) is 4.79 Å². The van der Waals surface area contributed by atoms with Gasteiger partial charge in [0.1, 0.15) is 0 Å². The molecule has 1 aromatic rings. The van der Waals surface area contributed by atoms with Crippen LogP contribution in [-0.4, -0.2) is 29.9 Å². The van der Waals surface area contributed by atoms with E-state index in [0.29, 0.717) is 0 Å². The number of amides is 1. The maximum atomic E-state index is 12.3. The topological polar surface area (TPSA) is 32.3 Å². The van der Waals surface area contributed by atoms with Crippen LogP contribution in [0.5, 0.6) is 0 Å². The minimum absolute atomic E-state index is 0. The normalized spacial score (nSPS) is 19.0. The smallest absolute Gasteiger partial charge is 0.241 e. The lowest BCUT2D eigenvalue weighted by atomic mass is 10.1. The summed E-state index contributed by atoms with van der Waals surface area (Å²) in [5.41, 5.74) is 3.29. The van der Waals surface area contributed by atoms with Gasteiger partial charge in [0.05, 0.1) is 6.04 Å². The molecule has 1 aliphatic heterocycles. The van der Waals surface area contributed by atoms with Gasteiger partial charge in [-0.05, 0) is 51.4 Å². The number of anilines is 1. The molecule has 106 valence electrons. The summed E-state index contributed by atoms with van der Waals surface area (Å²) in [5.74, 6) is 0.140. The molecule has 1 amide bonds. The Kier molecular flexibility index (Phi) is 5.83. The third kappa shape index (κ3) is 3.71. The molecule has 0 spiro atoms. The van der Waals surface area contributed by atoms with Gasteiger partial charge >= 0.3 is 0 Å². The highest BCUT2D eigenvalue weighted by Gasteiger charge is 2.29. The fraction of sp³-hybridized carbons (Fsp3) is 0.533. The fourth-order valence-electron chi connectivity index (χ4n) is 2.67. The number of benzene rings is 1. The first-order chi connectivity index (χ1) is 8.61. The van der Waals surface area contributed by atoms with Crippen molar-refractivity contribution in [3.05, 3.63) is 29.3 Å². The molecular formula is C15H23ClN2O. The Balaban J connectivity index is 0.00000180. The van der Waals surface area contributed by atoms with Gasteiger partial charge in [-0.2, -0.15) is 0 Å². The van der Waals surface area contributed by atoms with Gasteiger partial charge < -0.3 is 5.32 Å². The largest absolute Gasteiger partial charge is 0.324 e. The Hall–Kier alpha value is -1.06. The fourth-order valence-corrected chi connectivity index (χ4v) is 2.67. The van der Waals surface area contributed by atoms with Crippen LogP contribution in [0.4, 0.5) is 5.69 Å². The van der Waals surface area contributed by atoms with Gasteiger partial charge in [0.25, 0.3) is 0 Å². The second kappa shape index (κ2) is 6.92. The van der Waals surface area contributed by atoms with E-state index >= 15 is 0 Å². The highest BCUT2D eigenvalue weighted by Crippen LogP contribution is 2.21. The lowest BCUT2D eigenvalue weighted by molar-refractivity contribution is -0.120. The van der Waals surface area contributed by atoms with Crippen LogP contribution in [0.25, 0.3) is 0 Å². The maximum absolute atomic E-state index is 12.3. The van der Waals surface area contributed by atoms with Crippen molar-refractivity contribution in [1.29, 1.82) is 0 Å². The Morgan fingerprint density at radius 1 is 1.42 bits per heavy atom. The van der Waals surface area contributed by atoms with Crippen molar-refractivity contribution in [1.82, 2.24) is 4.90 Å². The van der Waals surface area contributed by atoms with Gasteiger partial charge in [-0.25, -0.2) is 0 Å². The first-order valence-corrected chi connectivity index (χ1v) is 6.74. The molecule has 0 bridgehead atoms. The summed E-state index contributed by atoms with van der Waals surface area (Å²) in [4.78, 5) is 14.5. The van der Waals surface area contributed by atoms with Gasteiger partial charge in [-0.15, -0.1) is 12.4 Å². The average Bonchev–Trinajstić information content (AvgIpc) is 2.81. The predicted molar refractivity (Wildman–Crippen MR) is 82.1 cm³/mol. The molecule has 1 N–H and O–H groups in total. The molecule has 1 heterocycles. The van der Waals surface area contributed by atoms with Crippen molar-refractivity contribution in [3.8, 4) is 0 Å². The highest BCUT2D eigenvalue weighted by molar-refractivity contribution is 5.95. The molecule has 0 radical (unpaired) electrons. The lowest BCUT2D eigenvalue weighted by Gasteiger charge is -2.22. The Morgan fingerprint density at radius 3 is 2.79 bits per heavy atom. The quantitative estimate of drug-likeness (QED) is 0.924. The van der Waals surface area contributed by atoms with Crippen LogP contribution in [0, 0.1) is 13.8 Å². The first kappa shape index (κ1) is 16.0. The number of rotatable bonds is 3. The number of nitrogens with zero attached hydrogens (tertiary/aromatic N) is 1. The van der Waals surface area contributed by atoms with E-state index in [-0.39, 0.29) is 24.4 Å². The zero-order chi connectivity index (χ0) is 13.1. The summed E-state index contributed by atoms with van der Waals surface area (Å²) in [6, 6.07) is 6.18. The Bertz CT molecular complexity index is 448. The number of likely N-dealkylation sites (tertiary alicyclic amines) is 1. The molecule has 1 atom stereocenters. The van der Waals surface area contributed by atoms with E-state index in [1.807, 2.05) is 19.1 Å². The Morgan fingerprint density at radius 2 is 2.16 bits per heavy atom. The number of aryl methyl sites for hydroxylation is 2. The third-order valence-corrected chi connectivity index (χ3v) is 3.71. The summed E-state index contributed by atoms with van der Waals surface area (Å²) in [5, 5.41) is 3.06. The number of carbonyl (C=O) groups is 1. The molecule has 1 saturated heterocycles. The van der Waals surface area contributed by atoms with Crippen LogP contribution in [0.1, 0.15) is 30.9 Å². The summed E-state index contributed by atoms with van der Waals surface area (Å²) < 4.78 is 0. The minimum atomic E-state index is 0. The van der Waals surface area contributed by atoms with E-state index < -0.39 is 0 Å². The SMILES string of the molecule is CCN1CCCC1C(=O)Nc1ccc(C)cc1C.Cl. The standard InChI is InChI=1S/C15H22N2O.ClH/c1-4-17-9-5-6-14(17)15(18)16-13-8-7-11(2)10-12(13)3;/h7-8,10,14H,4-6,9H2,1-3H3,(H,16,18);1H. The van der Waals surface area contributed by atoms with E-state index in [1.165, 1.54) is 5.56 Å². The molecule has 0 saturated carbocycles. The zero-order valence-electron chi connectivity index (χ0n) is 11.9. The second-order valence-electron chi connectivity index (χ2n) is 5.09. The van der Waals surface area contributed by atoms with E-state index in [0.717, 1.165) is 37.2 Å². The predicted octanol–water partition coefficient (Wildman–Crippen LogP) is 3.15. The molecule has 1 aromatic carbocycles. The van der Waals surface area contributed by atoms with Crippen molar-refractivity contribution < 1.29 is 4.79 Å². The summed E-state index contributed by atoms with van der Waals surface area (Å²) >= 11 is 0. The summed E-state index contributed by atoms with van der Waals surface area (Å²) in [6.07, 6.45) is 2.10. The molecule has 0 aliphatic carbocycles. The molecule has 2 rings (SSSR count). The number of hydrogen-bond acceptors (Lipinski definition) is 2. The molecule has 4 heteroatoms. The van der Waals surface area contributed by atoms with E-state index in [2.05, 4.69) is 30.1 Å². The minimum Gasteiger partial charge on any atom is -0.324 e. The van der Waals surface area contributed by atoms with Crippen LogP contribution < -0.4 is 5.32 Å². The zero-order valence-corrected chi connectivity index (χ0v) is 12.7. The van der Waals surface area contributed by atoms with Gasteiger partial charge in [-0.3, -0.25) is 9.69 Å². The van der Waals surface area contributed by atoms with E-state index in [4.69, 9.17) is 0 Å². The summed E-state index contributed by atoms with van der Waals surface area (Å²) in [7, 11) is 0. The van der Waals surface area contributed by atoms with Crippen LogP contribution in [0.3, 0.4) is 0 Å². The van der Waals surface area contributed by atoms with Crippen LogP contribution in [0.2, 0.25) is 0 Å². The lowest BCUT2D eigenvalue weighted by Crippen LogP contribution is -2.39. The van der Waals surface area contributed by atoms with Crippen molar-refractivity contribution in [2.75, 3.05) is 18.4 Å². The van der Waals surface area contributed by atoms with Crippen molar-refractivity contribution in [2.24, 2.45) is 0 Å². The summed E-state index contributed by atoms with van der Waals surface area (Å²) in [6.45, 7) is 8.21. The number of nitrogens with one attached hydrogen (secondary N) is 1.